The highest BCUT2D eigenvalue weighted by Crippen LogP contribution is 2.17. The number of hydrogen-bond donors (Lipinski definition) is 1. The number of benzene rings is 2. The third-order valence-electron chi connectivity index (χ3n) is 3.60. The molecule has 1 aromatic heterocycles. The van der Waals surface area contributed by atoms with E-state index in [-0.39, 0.29) is 12.5 Å². The molecule has 0 saturated carbocycles. The molecule has 128 valence electrons. The molecule has 3 rings (SSSR count). The monoisotopic (exact) mass is 337 g/mol. The number of nitrogens with one attached hydrogen (secondary N) is 1. The zero-order valence-electron chi connectivity index (χ0n) is 13.9. The third kappa shape index (κ3) is 4.67. The van der Waals surface area contributed by atoms with Gasteiger partial charge in [-0.3, -0.25) is 4.79 Å². The van der Waals surface area contributed by atoms with Crippen LogP contribution in [-0.4, -0.2) is 29.3 Å². The summed E-state index contributed by atoms with van der Waals surface area (Å²) in [6.45, 7) is 2.32. The number of rotatable bonds is 7. The molecule has 0 atom stereocenters. The van der Waals surface area contributed by atoms with Crippen LogP contribution in [0.2, 0.25) is 0 Å². The highest BCUT2D eigenvalue weighted by molar-refractivity contribution is 5.77. The first-order chi connectivity index (χ1) is 12.2. The second-order valence-corrected chi connectivity index (χ2v) is 5.52. The van der Waals surface area contributed by atoms with Crippen molar-refractivity contribution in [3.8, 4) is 17.2 Å². The van der Waals surface area contributed by atoms with Crippen LogP contribution in [-0.2, 0) is 11.2 Å². The number of para-hydroxylation sites is 1. The molecule has 0 saturated heterocycles. The van der Waals surface area contributed by atoms with Gasteiger partial charge in [-0.05, 0) is 30.7 Å². The maximum Gasteiger partial charge on any atom is 0.257 e. The van der Waals surface area contributed by atoms with Crippen LogP contribution in [0.3, 0.4) is 0 Å². The normalized spacial score (nSPS) is 10.4. The van der Waals surface area contributed by atoms with Crippen LogP contribution in [0.25, 0.3) is 11.5 Å². The van der Waals surface area contributed by atoms with Gasteiger partial charge in [-0.15, -0.1) is 10.2 Å². The third-order valence-corrected chi connectivity index (χ3v) is 3.60. The first kappa shape index (κ1) is 16.7. The van der Waals surface area contributed by atoms with Crippen molar-refractivity contribution in [3.63, 3.8) is 0 Å². The number of aromatic nitrogens is 2. The molecular weight excluding hydrogens is 318 g/mol. The maximum atomic E-state index is 11.8. The van der Waals surface area contributed by atoms with Crippen molar-refractivity contribution >= 4 is 5.91 Å². The smallest absolute Gasteiger partial charge is 0.257 e. The number of carbonyl (C=O) groups excluding carboxylic acids is 1. The molecular formula is C19H19N3O3. The van der Waals surface area contributed by atoms with E-state index in [1.807, 2.05) is 61.5 Å². The number of hydrogen-bond acceptors (Lipinski definition) is 5. The molecule has 0 fully saturated rings. The molecule has 1 N–H and O–H groups in total. The molecule has 0 radical (unpaired) electrons. The number of ether oxygens (including phenoxy) is 1. The van der Waals surface area contributed by atoms with Crippen molar-refractivity contribution < 1.29 is 13.9 Å². The summed E-state index contributed by atoms with van der Waals surface area (Å²) in [7, 11) is 0. The van der Waals surface area contributed by atoms with Crippen molar-refractivity contribution in [1.82, 2.24) is 15.5 Å². The summed E-state index contributed by atoms with van der Waals surface area (Å²) in [5, 5.41) is 10.8. The van der Waals surface area contributed by atoms with Crippen LogP contribution in [0.5, 0.6) is 5.75 Å². The van der Waals surface area contributed by atoms with Gasteiger partial charge in [-0.2, -0.15) is 0 Å². The van der Waals surface area contributed by atoms with Gasteiger partial charge in [0, 0.05) is 18.5 Å². The summed E-state index contributed by atoms with van der Waals surface area (Å²) in [5.74, 6) is 1.48. The molecule has 1 amide bonds. The summed E-state index contributed by atoms with van der Waals surface area (Å²) in [6, 6.07) is 17.1. The molecule has 25 heavy (non-hydrogen) atoms. The molecule has 2 aromatic carbocycles. The predicted molar refractivity (Wildman–Crippen MR) is 93.1 cm³/mol. The van der Waals surface area contributed by atoms with Crippen molar-refractivity contribution in [2.24, 2.45) is 0 Å². The molecule has 3 aromatic rings. The SMILES string of the molecule is Cc1ccccc1OCC(=O)NCCc1nnc(-c2ccccc2)o1. The van der Waals surface area contributed by atoms with Gasteiger partial charge in [0.25, 0.3) is 5.91 Å². The average molecular weight is 337 g/mol. The van der Waals surface area contributed by atoms with Crippen LogP contribution in [0.15, 0.2) is 59.0 Å². The van der Waals surface area contributed by atoms with E-state index in [1.54, 1.807) is 0 Å². The number of nitrogens with zero attached hydrogens (tertiary/aromatic N) is 2. The maximum absolute atomic E-state index is 11.8. The second kappa shape index (κ2) is 8.10. The quantitative estimate of drug-likeness (QED) is 0.717. The lowest BCUT2D eigenvalue weighted by atomic mass is 10.2. The summed E-state index contributed by atoms with van der Waals surface area (Å²) < 4.78 is 11.1. The molecule has 0 aliphatic carbocycles. The summed E-state index contributed by atoms with van der Waals surface area (Å²) in [6.07, 6.45) is 0.468. The topological polar surface area (TPSA) is 77.2 Å². The van der Waals surface area contributed by atoms with Gasteiger partial charge in [-0.25, -0.2) is 0 Å². The van der Waals surface area contributed by atoms with Crippen molar-refractivity contribution in [3.05, 3.63) is 66.1 Å². The van der Waals surface area contributed by atoms with E-state index in [4.69, 9.17) is 9.15 Å². The van der Waals surface area contributed by atoms with Crippen molar-refractivity contribution in [1.29, 1.82) is 0 Å². The van der Waals surface area contributed by atoms with E-state index < -0.39 is 0 Å². The van der Waals surface area contributed by atoms with Crippen LogP contribution >= 0.6 is 0 Å². The lowest BCUT2D eigenvalue weighted by molar-refractivity contribution is -0.123. The highest BCUT2D eigenvalue weighted by Gasteiger charge is 2.09. The molecule has 0 unspecified atom stereocenters. The average Bonchev–Trinajstić information content (AvgIpc) is 3.11. The van der Waals surface area contributed by atoms with E-state index in [1.165, 1.54) is 0 Å². The summed E-state index contributed by atoms with van der Waals surface area (Å²) >= 11 is 0. The summed E-state index contributed by atoms with van der Waals surface area (Å²) in [4.78, 5) is 11.8. The molecule has 0 aliphatic heterocycles. The highest BCUT2D eigenvalue weighted by atomic mass is 16.5. The predicted octanol–water partition coefficient (Wildman–Crippen LogP) is 2.78. The summed E-state index contributed by atoms with van der Waals surface area (Å²) in [5.41, 5.74) is 1.87. The molecule has 0 spiro atoms. The van der Waals surface area contributed by atoms with Gasteiger partial charge in [0.15, 0.2) is 6.61 Å². The Labute approximate surface area is 145 Å². The van der Waals surface area contributed by atoms with E-state index in [2.05, 4.69) is 15.5 Å². The van der Waals surface area contributed by atoms with Gasteiger partial charge in [0.05, 0.1) is 0 Å². The Morgan fingerprint density at radius 1 is 1.08 bits per heavy atom. The van der Waals surface area contributed by atoms with E-state index in [0.29, 0.717) is 30.5 Å². The van der Waals surface area contributed by atoms with Crippen molar-refractivity contribution in [2.45, 2.75) is 13.3 Å². The molecule has 0 bridgehead atoms. The van der Waals surface area contributed by atoms with Gasteiger partial charge in [-0.1, -0.05) is 36.4 Å². The minimum absolute atomic E-state index is 0.0239. The first-order valence-corrected chi connectivity index (χ1v) is 8.05. The van der Waals surface area contributed by atoms with Crippen molar-refractivity contribution in [2.75, 3.05) is 13.2 Å². The molecule has 6 nitrogen and oxygen atoms in total. The number of amides is 1. The van der Waals surface area contributed by atoms with E-state index in [9.17, 15) is 4.79 Å². The van der Waals surface area contributed by atoms with Gasteiger partial charge < -0.3 is 14.5 Å². The fourth-order valence-corrected chi connectivity index (χ4v) is 2.27. The lowest BCUT2D eigenvalue weighted by Crippen LogP contribution is -2.30. The Bertz CT molecular complexity index is 831. The van der Waals surface area contributed by atoms with E-state index in [0.717, 1.165) is 11.1 Å². The van der Waals surface area contributed by atoms with Crippen LogP contribution in [0.4, 0.5) is 0 Å². The standard InChI is InChI=1S/C19H19N3O3/c1-14-7-5-6-10-16(14)24-13-17(23)20-12-11-18-21-22-19(25-18)15-8-3-2-4-9-15/h2-10H,11-13H2,1H3,(H,20,23). The van der Waals surface area contributed by atoms with Crippen LogP contribution < -0.4 is 10.1 Å². The van der Waals surface area contributed by atoms with E-state index >= 15 is 0 Å². The van der Waals surface area contributed by atoms with Gasteiger partial charge in [0.2, 0.25) is 11.8 Å². The number of aryl methyl sites for hydroxylation is 1. The Morgan fingerprint density at radius 3 is 2.64 bits per heavy atom. The fraction of sp³-hybridized carbons (Fsp3) is 0.211. The Hall–Kier alpha value is -3.15. The zero-order chi connectivity index (χ0) is 17.5. The minimum atomic E-state index is -0.189. The van der Waals surface area contributed by atoms with Crippen LogP contribution in [0.1, 0.15) is 11.5 Å². The Morgan fingerprint density at radius 2 is 1.84 bits per heavy atom. The Balaban J connectivity index is 1.43. The Kier molecular flexibility index (Phi) is 5.41. The first-order valence-electron chi connectivity index (χ1n) is 8.05. The fourth-order valence-electron chi connectivity index (χ4n) is 2.27. The van der Waals surface area contributed by atoms with Crippen LogP contribution in [0, 0.1) is 6.92 Å². The van der Waals surface area contributed by atoms with Gasteiger partial charge >= 0.3 is 0 Å². The lowest BCUT2D eigenvalue weighted by Gasteiger charge is -2.08. The molecule has 0 aliphatic rings. The molecule has 6 heteroatoms. The second-order valence-electron chi connectivity index (χ2n) is 5.52. The number of carbonyl (C=O) groups is 1. The minimum Gasteiger partial charge on any atom is -0.484 e. The van der Waals surface area contributed by atoms with Gasteiger partial charge in [0.1, 0.15) is 5.75 Å². The molecule has 1 heterocycles. The zero-order valence-corrected chi connectivity index (χ0v) is 13.9. The largest absolute Gasteiger partial charge is 0.484 e.